The van der Waals surface area contributed by atoms with Gasteiger partial charge in [-0.15, -0.1) is 0 Å². The summed E-state index contributed by atoms with van der Waals surface area (Å²) in [5.41, 5.74) is 3.16. The van der Waals surface area contributed by atoms with Crippen molar-refractivity contribution in [1.82, 2.24) is 14.9 Å². The first-order valence-corrected chi connectivity index (χ1v) is 10.7. The Kier molecular flexibility index (Phi) is 4.06. The molecule has 134 valence electrons. The molecule has 3 heterocycles. The van der Waals surface area contributed by atoms with Crippen LogP contribution in [0.1, 0.15) is 36.6 Å². The summed E-state index contributed by atoms with van der Waals surface area (Å²) in [6.07, 6.45) is 2.38. The molecule has 2 aliphatic heterocycles. The Bertz CT molecular complexity index is 919. The number of hydrogen-bond acceptors (Lipinski definition) is 4. The molecule has 2 unspecified atom stereocenters. The van der Waals surface area contributed by atoms with Gasteiger partial charge in [-0.25, -0.2) is 13.4 Å². The molecule has 1 N–H and O–H groups in total. The second-order valence-corrected chi connectivity index (χ2v) is 9.59. The van der Waals surface area contributed by atoms with Gasteiger partial charge >= 0.3 is 0 Å². The van der Waals surface area contributed by atoms with Gasteiger partial charge in [-0.05, 0) is 43.9 Å². The number of nitrogens with one attached hydrogen (secondary N) is 1. The fourth-order valence-corrected chi connectivity index (χ4v) is 5.72. The van der Waals surface area contributed by atoms with Gasteiger partial charge in [0.2, 0.25) is 5.91 Å². The van der Waals surface area contributed by atoms with Gasteiger partial charge in [0.25, 0.3) is 0 Å². The molecule has 0 radical (unpaired) electrons. The minimum Gasteiger partial charge on any atom is -0.342 e. The molecule has 0 spiro atoms. The van der Waals surface area contributed by atoms with Crippen molar-refractivity contribution < 1.29 is 13.2 Å². The molecule has 2 aliphatic rings. The van der Waals surface area contributed by atoms with E-state index in [4.69, 9.17) is 4.98 Å². The monoisotopic (exact) mass is 361 g/mol. The zero-order valence-electron chi connectivity index (χ0n) is 14.4. The molecule has 0 saturated carbocycles. The number of hydrogen-bond donors (Lipinski definition) is 1. The van der Waals surface area contributed by atoms with Crippen molar-refractivity contribution in [1.29, 1.82) is 0 Å². The molecule has 7 heteroatoms. The maximum absolute atomic E-state index is 12.7. The maximum atomic E-state index is 12.7. The Morgan fingerprint density at radius 1 is 1.32 bits per heavy atom. The van der Waals surface area contributed by atoms with Crippen LogP contribution in [-0.2, 0) is 14.6 Å². The number of imidazole rings is 1. The van der Waals surface area contributed by atoms with E-state index in [2.05, 4.69) is 18.0 Å². The highest BCUT2D eigenvalue weighted by molar-refractivity contribution is 7.91. The van der Waals surface area contributed by atoms with Crippen molar-refractivity contribution in [3.05, 3.63) is 29.6 Å². The molecule has 6 nitrogen and oxygen atoms in total. The SMILES string of the molecule is Cc1ccc2nc(C3CCCN(C(=O)C4CCS(=O)(=O)C4)C3)[nH]c2c1. The van der Waals surface area contributed by atoms with E-state index >= 15 is 0 Å². The average molecular weight is 361 g/mol. The first kappa shape index (κ1) is 16.6. The molecule has 0 bridgehead atoms. The summed E-state index contributed by atoms with van der Waals surface area (Å²) >= 11 is 0. The normalized spacial score (nSPS) is 26.2. The van der Waals surface area contributed by atoms with Crippen LogP contribution in [0.2, 0.25) is 0 Å². The van der Waals surface area contributed by atoms with Crippen molar-refractivity contribution in [2.45, 2.75) is 32.1 Å². The number of fused-ring (bicyclic) bond motifs is 1. The second-order valence-electron chi connectivity index (χ2n) is 7.37. The summed E-state index contributed by atoms with van der Waals surface area (Å²) in [6, 6.07) is 6.14. The number of benzene rings is 1. The topological polar surface area (TPSA) is 83.1 Å². The molecule has 2 saturated heterocycles. The Balaban J connectivity index is 1.51. The van der Waals surface area contributed by atoms with Crippen molar-refractivity contribution in [2.75, 3.05) is 24.6 Å². The number of likely N-dealkylation sites (tertiary alicyclic amines) is 1. The number of sulfone groups is 1. The summed E-state index contributed by atoms with van der Waals surface area (Å²) in [5, 5.41) is 0. The first-order chi connectivity index (χ1) is 11.9. The number of aromatic amines is 1. The average Bonchev–Trinajstić information content (AvgIpc) is 3.17. The Morgan fingerprint density at radius 2 is 2.16 bits per heavy atom. The van der Waals surface area contributed by atoms with E-state index in [1.165, 1.54) is 5.56 Å². The number of amides is 1. The Hall–Kier alpha value is -1.89. The third-order valence-corrected chi connectivity index (χ3v) is 7.13. The zero-order chi connectivity index (χ0) is 17.6. The minimum atomic E-state index is -3.03. The summed E-state index contributed by atoms with van der Waals surface area (Å²) in [4.78, 5) is 22.7. The van der Waals surface area contributed by atoms with E-state index in [0.29, 0.717) is 19.5 Å². The number of piperidine rings is 1. The van der Waals surface area contributed by atoms with E-state index < -0.39 is 9.84 Å². The number of carbonyl (C=O) groups is 1. The van der Waals surface area contributed by atoms with E-state index in [1.54, 1.807) is 0 Å². The van der Waals surface area contributed by atoms with Gasteiger partial charge in [0.15, 0.2) is 9.84 Å². The molecular formula is C18H23N3O3S. The van der Waals surface area contributed by atoms with Gasteiger partial charge < -0.3 is 9.88 Å². The van der Waals surface area contributed by atoms with Gasteiger partial charge in [0.1, 0.15) is 5.82 Å². The van der Waals surface area contributed by atoms with Crippen molar-refractivity contribution in [2.24, 2.45) is 5.92 Å². The van der Waals surface area contributed by atoms with Crippen LogP contribution >= 0.6 is 0 Å². The minimum absolute atomic E-state index is 0.00210. The van der Waals surface area contributed by atoms with E-state index in [1.807, 2.05) is 17.0 Å². The van der Waals surface area contributed by atoms with E-state index in [-0.39, 0.29) is 29.2 Å². The largest absolute Gasteiger partial charge is 0.342 e. The predicted octanol–water partition coefficient (Wildman–Crippen LogP) is 2.01. The summed E-state index contributed by atoms with van der Waals surface area (Å²) < 4.78 is 23.3. The van der Waals surface area contributed by atoms with Crippen LogP contribution in [0.5, 0.6) is 0 Å². The number of H-pyrrole nitrogens is 1. The van der Waals surface area contributed by atoms with Gasteiger partial charge in [0, 0.05) is 19.0 Å². The molecule has 1 aromatic heterocycles. The van der Waals surface area contributed by atoms with Crippen molar-refractivity contribution >= 4 is 26.8 Å². The number of carbonyl (C=O) groups excluding carboxylic acids is 1. The lowest BCUT2D eigenvalue weighted by atomic mass is 9.95. The summed E-state index contributed by atoms with van der Waals surface area (Å²) in [7, 11) is -3.03. The van der Waals surface area contributed by atoms with Gasteiger partial charge in [-0.3, -0.25) is 4.79 Å². The lowest BCUT2D eigenvalue weighted by Gasteiger charge is -2.33. The van der Waals surface area contributed by atoms with E-state index in [9.17, 15) is 13.2 Å². The molecule has 2 fully saturated rings. The molecule has 2 aromatic rings. The van der Waals surface area contributed by atoms with Crippen LogP contribution in [0.25, 0.3) is 11.0 Å². The smallest absolute Gasteiger partial charge is 0.226 e. The van der Waals surface area contributed by atoms with Crippen molar-refractivity contribution in [3.8, 4) is 0 Å². The quantitative estimate of drug-likeness (QED) is 0.887. The number of aromatic nitrogens is 2. The zero-order valence-corrected chi connectivity index (χ0v) is 15.2. The van der Waals surface area contributed by atoms with E-state index in [0.717, 1.165) is 29.7 Å². The van der Waals surface area contributed by atoms with Crippen LogP contribution in [0.4, 0.5) is 0 Å². The van der Waals surface area contributed by atoms with Crippen LogP contribution in [0.15, 0.2) is 18.2 Å². The highest BCUT2D eigenvalue weighted by atomic mass is 32.2. The fourth-order valence-electron chi connectivity index (χ4n) is 3.99. The van der Waals surface area contributed by atoms with Crippen LogP contribution in [-0.4, -0.2) is 53.8 Å². The predicted molar refractivity (Wildman–Crippen MR) is 96.1 cm³/mol. The lowest BCUT2D eigenvalue weighted by molar-refractivity contribution is -0.136. The lowest BCUT2D eigenvalue weighted by Crippen LogP contribution is -2.42. The highest BCUT2D eigenvalue weighted by Gasteiger charge is 2.37. The highest BCUT2D eigenvalue weighted by Crippen LogP contribution is 2.29. The van der Waals surface area contributed by atoms with Crippen LogP contribution in [0.3, 0.4) is 0 Å². The standard InChI is InChI=1S/C18H23N3O3S/c1-12-4-5-15-16(9-12)20-17(19-15)13-3-2-7-21(10-13)18(22)14-6-8-25(23,24)11-14/h4-5,9,13-14H,2-3,6-8,10-11H2,1H3,(H,19,20). The molecule has 0 aliphatic carbocycles. The molecule has 2 atom stereocenters. The Morgan fingerprint density at radius 3 is 2.92 bits per heavy atom. The summed E-state index contributed by atoms with van der Waals surface area (Å²) in [5.74, 6) is 0.904. The number of aryl methyl sites for hydroxylation is 1. The molecule has 1 aromatic carbocycles. The van der Waals surface area contributed by atoms with Crippen LogP contribution in [0, 0.1) is 12.8 Å². The number of rotatable bonds is 2. The maximum Gasteiger partial charge on any atom is 0.226 e. The van der Waals surface area contributed by atoms with Crippen LogP contribution < -0.4 is 0 Å². The second kappa shape index (κ2) is 6.12. The van der Waals surface area contributed by atoms with Gasteiger partial charge in [-0.2, -0.15) is 0 Å². The first-order valence-electron chi connectivity index (χ1n) is 8.87. The van der Waals surface area contributed by atoms with Crippen molar-refractivity contribution in [3.63, 3.8) is 0 Å². The molecule has 1 amide bonds. The number of nitrogens with zero attached hydrogens (tertiary/aromatic N) is 2. The van der Waals surface area contributed by atoms with Gasteiger partial charge in [-0.1, -0.05) is 6.07 Å². The molecular weight excluding hydrogens is 338 g/mol. The molecule has 4 rings (SSSR count). The third kappa shape index (κ3) is 3.29. The Labute approximate surface area is 147 Å². The molecule has 25 heavy (non-hydrogen) atoms. The van der Waals surface area contributed by atoms with Gasteiger partial charge in [0.05, 0.1) is 28.5 Å². The third-order valence-electron chi connectivity index (χ3n) is 5.36. The fraction of sp³-hybridized carbons (Fsp3) is 0.556. The summed E-state index contributed by atoms with van der Waals surface area (Å²) in [6.45, 7) is 3.38.